The van der Waals surface area contributed by atoms with Crippen LogP contribution in [-0.4, -0.2) is 5.16 Å². The second-order valence-corrected chi connectivity index (χ2v) is 5.26. The highest BCUT2D eigenvalue weighted by molar-refractivity contribution is 5.79. The topological polar surface area (TPSA) is 26.0 Å². The van der Waals surface area contributed by atoms with E-state index >= 15 is 0 Å². The van der Waals surface area contributed by atoms with Gasteiger partial charge < -0.3 is 4.52 Å². The second kappa shape index (κ2) is 4.23. The Morgan fingerprint density at radius 1 is 1.05 bits per heavy atom. The molecule has 1 heterocycles. The highest BCUT2D eigenvalue weighted by atomic mass is 16.5. The van der Waals surface area contributed by atoms with Gasteiger partial charge in [0.25, 0.3) is 0 Å². The first-order chi connectivity index (χ1) is 9.42. The number of para-hydroxylation sites is 1. The van der Waals surface area contributed by atoms with Crippen LogP contribution in [0.15, 0.2) is 53.1 Å². The first-order valence-corrected chi connectivity index (χ1v) is 6.83. The summed E-state index contributed by atoms with van der Waals surface area (Å²) in [5, 5.41) is 5.42. The Morgan fingerprint density at radius 3 is 2.89 bits per heavy atom. The number of hydrogen-bond acceptors (Lipinski definition) is 2. The molecule has 3 aromatic rings. The van der Waals surface area contributed by atoms with Crippen LogP contribution in [0.25, 0.3) is 11.0 Å². The van der Waals surface area contributed by atoms with E-state index in [1.165, 1.54) is 24.0 Å². The average molecular weight is 249 g/mol. The Bertz CT molecular complexity index is 729. The fourth-order valence-electron chi connectivity index (χ4n) is 3.18. The molecular formula is C17H15NO. The molecule has 19 heavy (non-hydrogen) atoms. The zero-order valence-corrected chi connectivity index (χ0v) is 10.7. The number of fused-ring (bicyclic) bond motifs is 2. The number of hydrogen-bond donors (Lipinski definition) is 0. The fourth-order valence-corrected chi connectivity index (χ4v) is 3.18. The van der Waals surface area contributed by atoms with E-state index in [2.05, 4.69) is 35.5 Å². The molecule has 2 aromatic carbocycles. The van der Waals surface area contributed by atoms with Crippen molar-refractivity contribution < 1.29 is 4.52 Å². The molecule has 0 amide bonds. The molecule has 0 aliphatic heterocycles. The van der Waals surface area contributed by atoms with Gasteiger partial charge in [0.05, 0.1) is 5.69 Å². The lowest BCUT2D eigenvalue weighted by molar-refractivity contribution is 0.441. The van der Waals surface area contributed by atoms with Gasteiger partial charge >= 0.3 is 0 Å². The summed E-state index contributed by atoms with van der Waals surface area (Å²) in [5.41, 5.74) is 4.98. The van der Waals surface area contributed by atoms with Crippen molar-refractivity contribution in [3.05, 3.63) is 65.4 Å². The molecule has 1 atom stereocenters. The Balaban J connectivity index is 1.70. The Kier molecular flexibility index (Phi) is 2.41. The number of benzene rings is 2. The van der Waals surface area contributed by atoms with Crippen molar-refractivity contribution in [2.24, 2.45) is 0 Å². The van der Waals surface area contributed by atoms with E-state index < -0.39 is 0 Å². The summed E-state index contributed by atoms with van der Waals surface area (Å²) >= 11 is 0. The third-order valence-electron chi connectivity index (χ3n) is 4.15. The van der Waals surface area contributed by atoms with Crippen LogP contribution in [0, 0.1) is 0 Å². The largest absolute Gasteiger partial charge is 0.356 e. The van der Waals surface area contributed by atoms with Crippen LogP contribution in [0.1, 0.15) is 29.2 Å². The number of aromatic nitrogens is 1. The molecule has 0 spiro atoms. The van der Waals surface area contributed by atoms with Gasteiger partial charge in [-0.3, -0.25) is 0 Å². The Morgan fingerprint density at radius 2 is 1.89 bits per heavy atom. The predicted molar refractivity (Wildman–Crippen MR) is 75.2 cm³/mol. The van der Waals surface area contributed by atoms with Gasteiger partial charge in [0.2, 0.25) is 0 Å². The van der Waals surface area contributed by atoms with Crippen LogP contribution in [0.3, 0.4) is 0 Å². The lowest BCUT2D eigenvalue weighted by Gasteiger charge is -2.09. The first kappa shape index (κ1) is 10.8. The highest BCUT2D eigenvalue weighted by Crippen LogP contribution is 2.36. The minimum atomic E-state index is 0.588. The van der Waals surface area contributed by atoms with Crippen LogP contribution >= 0.6 is 0 Å². The molecule has 0 saturated carbocycles. The first-order valence-electron chi connectivity index (χ1n) is 6.83. The second-order valence-electron chi connectivity index (χ2n) is 5.26. The summed E-state index contributed by atoms with van der Waals surface area (Å²) in [6.45, 7) is 0. The normalized spacial score (nSPS) is 17.8. The molecule has 1 aromatic heterocycles. The third kappa shape index (κ3) is 1.75. The zero-order chi connectivity index (χ0) is 12.7. The molecule has 1 aliphatic rings. The maximum Gasteiger partial charge on any atom is 0.167 e. The quantitative estimate of drug-likeness (QED) is 0.683. The Hall–Kier alpha value is -2.09. The molecule has 0 bridgehead atoms. The van der Waals surface area contributed by atoms with Crippen LogP contribution < -0.4 is 0 Å². The van der Waals surface area contributed by atoms with Gasteiger partial charge in [0, 0.05) is 11.8 Å². The van der Waals surface area contributed by atoms with Crippen molar-refractivity contribution in [3.8, 4) is 0 Å². The molecule has 0 fully saturated rings. The SMILES string of the molecule is c1ccc2c(c1)CCC2Cc1noc2ccccc12. The fraction of sp³-hybridized carbons (Fsp3) is 0.235. The van der Waals surface area contributed by atoms with Gasteiger partial charge in [0.15, 0.2) is 5.58 Å². The lowest BCUT2D eigenvalue weighted by atomic mass is 9.95. The predicted octanol–water partition coefficient (Wildman–Crippen LogP) is 4.10. The van der Waals surface area contributed by atoms with Crippen molar-refractivity contribution in [3.63, 3.8) is 0 Å². The van der Waals surface area contributed by atoms with Crippen molar-refractivity contribution in [1.29, 1.82) is 0 Å². The van der Waals surface area contributed by atoms with Crippen molar-refractivity contribution in [2.75, 3.05) is 0 Å². The molecule has 4 rings (SSSR count). The molecule has 2 nitrogen and oxygen atoms in total. The summed E-state index contributed by atoms with van der Waals surface area (Å²) in [6.07, 6.45) is 3.39. The van der Waals surface area contributed by atoms with Gasteiger partial charge in [-0.05, 0) is 42.0 Å². The highest BCUT2D eigenvalue weighted by Gasteiger charge is 2.23. The molecule has 94 valence electrons. The standard InChI is InChI=1S/C17H15NO/c1-2-6-14-12(5-1)9-10-13(14)11-16-15-7-3-4-8-17(15)19-18-16/h1-8,13H,9-11H2. The summed E-state index contributed by atoms with van der Waals surface area (Å²) in [6, 6.07) is 16.9. The summed E-state index contributed by atoms with van der Waals surface area (Å²) in [5.74, 6) is 0.588. The van der Waals surface area contributed by atoms with Gasteiger partial charge in [-0.2, -0.15) is 0 Å². The summed E-state index contributed by atoms with van der Waals surface area (Å²) in [4.78, 5) is 0. The van der Waals surface area contributed by atoms with Gasteiger partial charge in [-0.1, -0.05) is 41.6 Å². The van der Waals surface area contributed by atoms with E-state index in [0.717, 1.165) is 23.1 Å². The number of nitrogens with zero attached hydrogens (tertiary/aromatic N) is 1. The molecule has 0 radical (unpaired) electrons. The van der Waals surface area contributed by atoms with Gasteiger partial charge in [-0.15, -0.1) is 0 Å². The summed E-state index contributed by atoms with van der Waals surface area (Å²) in [7, 11) is 0. The van der Waals surface area contributed by atoms with E-state index in [9.17, 15) is 0 Å². The molecule has 1 unspecified atom stereocenters. The van der Waals surface area contributed by atoms with E-state index in [1.54, 1.807) is 0 Å². The lowest BCUT2D eigenvalue weighted by Crippen LogP contribution is -1.99. The number of aryl methyl sites for hydroxylation is 1. The molecule has 1 aliphatic carbocycles. The van der Waals surface area contributed by atoms with Gasteiger partial charge in [-0.25, -0.2) is 0 Å². The van der Waals surface area contributed by atoms with Crippen molar-refractivity contribution in [2.45, 2.75) is 25.2 Å². The summed E-state index contributed by atoms with van der Waals surface area (Å²) < 4.78 is 5.40. The monoisotopic (exact) mass is 249 g/mol. The van der Waals surface area contributed by atoms with Crippen molar-refractivity contribution >= 4 is 11.0 Å². The van der Waals surface area contributed by atoms with E-state index in [0.29, 0.717) is 5.92 Å². The van der Waals surface area contributed by atoms with Crippen LogP contribution in [0.4, 0.5) is 0 Å². The van der Waals surface area contributed by atoms with E-state index in [-0.39, 0.29) is 0 Å². The maximum atomic E-state index is 5.40. The average Bonchev–Trinajstić information content (AvgIpc) is 3.05. The molecule has 0 saturated heterocycles. The maximum absolute atomic E-state index is 5.40. The molecular weight excluding hydrogens is 234 g/mol. The Labute approximate surface area is 112 Å². The van der Waals surface area contributed by atoms with E-state index in [1.807, 2.05) is 18.2 Å². The van der Waals surface area contributed by atoms with Gasteiger partial charge in [0.1, 0.15) is 0 Å². The molecule has 0 N–H and O–H groups in total. The molecule has 2 heteroatoms. The van der Waals surface area contributed by atoms with E-state index in [4.69, 9.17) is 4.52 Å². The number of rotatable bonds is 2. The third-order valence-corrected chi connectivity index (χ3v) is 4.15. The minimum Gasteiger partial charge on any atom is -0.356 e. The van der Waals surface area contributed by atoms with Crippen LogP contribution in [-0.2, 0) is 12.8 Å². The smallest absolute Gasteiger partial charge is 0.167 e. The van der Waals surface area contributed by atoms with Crippen molar-refractivity contribution in [1.82, 2.24) is 5.16 Å². The van der Waals surface area contributed by atoms with Crippen LogP contribution in [0.5, 0.6) is 0 Å². The zero-order valence-electron chi connectivity index (χ0n) is 10.7. The minimum absolute atomic E-state index is 0.588. The van der Waals surface area contributed by atoms with Crippen LogP contribution in [0.2, 0.25) is 0 Å².